The molecule has 2 atom stereocenters. The Labute approximate surface area is 122 Å². The van der Waals surface area contributed by atoms with Crippen LogP contribution in [0.1, 0.15) is 40.8 Å². The van der Waals surface area contributed by atoms with Crippen molar-refractivity contribution in [2.45, 2.75) is 31.9 Å². The summed E-state index contributed by atoms with van der Waals surface area (Å²) in [5, 5.41) is 3.30. The van der Waals surface area contributed by atoms with Gasteiger partial charge in [0, 0.05) is 33.8 Å². The molecule has 2 aromatic rings. The van der Waals surface area contributed by atoms with E-state index >= 15 is 0 Å². The minimum absolute atomic E-state index is 0.00653. The van der Waals surface area contributed by atoms with Crippen LogP contribution in [0.25, 0.3) is 0 Å². The van der Waals surface area contributed by atoms with Crippen LogP contribution in [0.4, 0.5) is 4.39 Å². The van der Waals surface area contributed by atoms with Crippen LogP contribution in [-0.2, 0) is 6.42 Å². The Morgan fingerprint density at radius 3 is 2.90 bits per heavy atom. The van der Waals surface area contributed by atoms with E-state index in [2.05, 4.69) is 24.4 Å². The predicted molar refractivity (Wildman–Crippen MR) is 79.9 cm³/mol. The Balaban J connectivity index is 1.93. The van der Waals surface area contributed by atoms with E-state index in [1.807, 2.05) is 13.1 Å². The molecule has 1 aliphatic rings. The van der Waals surface area contributed by atoms with Crippen LogP contribution in [0, 0.1) is 5.82 Å². The summed E-state index contributed by atoms with van der Waals surface area (Å²) >= 11 is 1.78. The molecule has 0 fully saturated rings. The molecule has 2 heterocycles. The first-order valence-electron chi connectivity index (χ1n) is 6.93. The van der Waals surface area contributed by atoms with Crippen molar-refractivity contribution in [2.75, 3.05) is 7.05 Å². The monoisotopic (exact) mass is 291 g/mol. The fourth-order valence-electron chi connectivity index (χ4n) is 2.65. The van der Waals surface area contributed by atoms with Crippen molar-refractivity contribution < 1.29 is 9.13 Å². The van der Waals surface area contributed by atoms with Crippen LogP contribution >= 0.6 is 11.3 Å². The Morgan fingerprint density at radius 1 is 1.35 bits per heavy atom. The van der Waals surface area contributed by atoms with Gasteiger partial charge in [0.25, 0.3) is 0 Å². The molecule has 20 heavy (non-hydrogen) atoms. The Bertz CT molecular complexity index is 610. The van der Waals surface area contributed by atoms with Crippen molar-refractivity contribution in [3.8, 4) is 5.75 Å². The van der Waals surface area contributed by atoms with Gasteiger partial charge >= 0.3 is 0 Å². The first-order valence-corrected chi connectivity index (χ1v) is 7.75. The highest BCUT2D eigenvalue weighted by atomic mass is 32.1. The zero-order valence-electron chi connectivity index (χ0n) is 11.7. The number of benzene rings is 1. The third-order valence-corrected chi connectivity index (χ3v) is 5.09. The number of ether oxygens (including phenoxy) is 1. The molecule has 0 spiro atoms. The van der Waals surface area contributed by atoms with Crippen molar-refractivity contribution in [2.24, 2.45) is 0 Å². The molecule has 4 heteroatoms. The van der Waals surface area contributed by atoms with Crippen molar-refractivity contribution in [1.29, 1.82) is 0 Å². The summed E-state index contributed by atoms with van der Waals surface area (Å²) in [5.74, 6) is 0.409. The van der Waals surface area contributed by atoms with Crippen molar-refractivity contribution in [3.05, 3.63) is 51.5 Å². The second kappa shape index (κ2) is 5.54. The van der Waals surface area contributed by atoms with Crippen LogP contribution < -0.4 is 10.1 Å². The number of nitrogens with one attached hydrogen (secondary N) is 1. The second-order valence-corrected chi connectivity index (χ2v) is 6.22. The third-order valence-electron chi connectivity index (χ3n) is 3.77. The maximum atomic E-state index is 13.4. The topological polar surface area (TPSA) is 21.3 Å². The molecule has 106 valence electrons. The number of thiophene rings is 1. The number of fused-ring (bicyclic) bond motifs is 1. The molecule has 1 aliphatic heterocycles. The van der Waals surface area contributed by atoms with Gasteiger partial charge in [-0.3, -0.25) is 0 Å². The lowest BCUT2D eigenvalue weighted by atomic mass is 9.96. The molecule has 2 unspecified atom stereocenters. The lowest BCUT2D eigenvalue weighted by Gasteiger charge is -2.31. The Kier molecular flexibility index (Phi) is 3.76. The number of hydrogen-bond acceptors (Lipinski definition) is 3. The SMILES string of the molecule is CCc1ccc(C2CC(NC)c3ccc(F)cc3O2)s1. The van der Waals surface area contributed by atoms with Crippen LogP contribution in [0.2, 0.25) is 0 Å². The first kappa shape index (κ1) is 13.6. The summed E-state index contributed by atoms with van der Waals surface area (Å²) < 4.78 is 19.4. The lowest BCUT2D eigenvalue weighted by molar-refractivity contribution is 0.156. The standard InChI is InChI=1S/C16H18FNOS/c1-3-11-5-7-16(20-11)15-9-13(18-2)12-6-4-10(17)8-14(12)19-15/h4-8,13,15,18H,3,9H2,1-2H3. The highest BCUT2D eigenvalue weighted by Gasteiger charge is 2.29. The summed E-state index contributed by atoms with van der Waals surface area (Å²) in [7, 11) is 1.94. The number of halogens is 1. The molecule has 0 saturated heterocycles. The lowest BCUT2D eigenvalue weighted by Crippen LogP contribution is -2.26. The largest absolute Gasteiger partial charge is 0.484 e. The first-order chi connectivity index (χ1) is 9.71. The molecule has 0 saturated carbocycles. The van der Waals surface area contributed by atoms with Gasteiger partial charge in [-0.15, -0.1) is 11.3 Å². The quantitative estimate of drug-likeness (QED) is 0.913. The molecular weight excluding hydrogens is 273 g/mol. The molecule has 1 N–H and O–H groups in total. The number of rotatable bonds is 3. The van der Waals surface area contributed by atoms with Gasteiger partial charge in [0.15, 0.2) is 0 Å². The minimum atomic E-state index is -0.250. The minimum Gasteiger partial charge on any atom is -0.484 e. The number of hydrogen-bond donors (Lipinski definition) is 1. The van der Waals surface area contributed by atoms with Crippen LogP contribution in [-0.4, -0.2) is 7.05 Å². The zero-order valence-corrected chi connectivity index (χ0v) is 12.5. The van der Waals surface area contributed by atoms with E-state index in [1.165, 1.54) is 21.9 Å². The van der Waals surface area contributed by atoms with E-state index < -0.39 is 0 Å². The van der Waals surface area contributed by atoms with E-state index in [0.717, 1.165) is 18.4 Å². The van der Waals surface area contributed by atoms with Crippen LogP contribution in [0.5, 0.6) is 5.75 Å². The molecule has 0 radical (unpaired) electrons. The van der Waals surface area contributed by atoms with Gasteiger partial charge in [-0.25, -0.2) is 4.39 Å². The molecule has 0 aliphatic carbocycles. The molecule has 1 aromatic heterocycles. The Morgan fingerprint density at radius 2 is 2.20 bits per heavy atom. The van der Waals surface area contributed by atoms with Gasteiger partial charge in [0.05, 0.1) is 0 Å². The summed E-state index contributed by atoms with van der Waals surface area (Å²) in [6.07, 6.45) is 1.92. The second-order valence-electron chi connectivity index (χ2n) is 5.02. The predicted octanol–water partition coefficient (Wildman–Crippen LogP) is 4.23. The Hall–Kier alpha value is -1.39. The van der Waals surface area contributed by atoms with Gasteiger partial charge in [0.2, 0.25) is 0 Å². The van der Waals surface area contributed by atoms with Crippen molar-refractivity contribution >= 4 is 11.3 Å². The number of aryl methyl sites for hydroxylation is 1. The molecule has 0 bridgehead atoms. The maximum absolute atomic E-state index is 13.4. The van der Waals surface area contributed by atoms with Crippen molar-refractivity contribution in [1.82, 2.24) is 5.32 Å². The molecule has 3 rings (SSSR count). The van der Waals surface area contributed by atoms with E-state index in [4.69, 9.17) is 4.74 Å². The van der Waals surface area contributed by atoms with Crippen molar-refractivity contribution in [3.63, 3.8) is 0 Å². The normalized spacial score (nSPS) is 21.4. The summed E-state index contributed by atoms with van der Waals surface area (Å²) in [4.78, 5) is 2.58. The molecular formula is C16H18FNOS. The molecule has 0 amide bonds. The highest BCUT2D eigenvalue weighted by molar-refractivity contribution is 7.12. The summed E-state index contributed by atoms with van der Waals surface area (Å²) in [5.41, 5.74) is 1.04. The average molecular weight is 291 g/mol. The highest BCUT2D eigenvalue weighted by Crippen LogP contribution is 2.42. The van der Waals surface area contributed by atoms with E-state index in [0.29, 0.717) is 5.75 Å². The fourth-order valence-corrected chi connectivity index (χ4v) is 3.64. The molecule has 1 aromatic carbocycles. The fraction of sp³-hybridized carbons (Fsp3) is 0.375. The average Bonchev–Trinajstić information content (AvgIpc) is 2.94. The van der Waals surface area contributed by atoms with Gasteiger partial charge < -0.3 is 10.1 Å². The smallest absolute Gasteiger partial charge is 0.135 e. The molecule has 2 nitrogen and oxygen atoms in total. The van der Waals surface area contributed by atoms with Gasteiger partial charge in [-0.05, 0) is 31.7 Å². The summed E-state index contributed by atoms with van der Waals surface area (Å²) in [6, 6.07) is 9.28. The van der Waals surface area contributed by atoms with E-state index in [9.17, 15) is 4.39 Å². The summed E-state index contributed by atoms with van der Waals surface area (Å²) in [6.45, 7) is 2.15. The van der Waals surface area contributed by atoms with Gasteiger partial charge in [-0.1, -0.05) is 13.0 Å². The third kappa shape index (κ3) is 2.45. The van der Waals surface area contributed by atoms with Gasteiger partial charge in [0.1, 0.15) is 17.7 Å². The van der Waals surface area contributed by atoms with Crippen LogP contribution in [0.3, 0.4) is 0 Å². The maximum Gasteiger partial charge on any atom is 0.135 e. The van der Waals surface area contributed by atoms with Gasteiger partial charge in [-0.2, -0.15) is 0 Å². The van der Waals surface area contributed by atoms with E-state index in [1.54, 1.807) is 11.3 Å². The zero-order chi connectivity index (χ0) is 14.1. The van der Waals surface area contributed by atoms with E-state index in [-0.39, 0.29) is 18.0 Å². The van der Waals surface area contributed by atoms with Crippen LogP contribution in [0.15, 0.2) is 30.3 Å².